The van der Waals surface area contributed by atoms with Crippen LogP contribution in [0.5, 0.6) is 5.88 Å². The number of amides is 4. The van der Waals surface area contributed by atoms with Crippen LogP contribution in [0.2, 0.25) is 0 Å². The summed E-state index contributed by atoms with van der Waals surface area (Å²) in [5, 5.41) is 18.5. The van der Waals surface area contributed by atoms with E-state index in [1.54, 1.807) is 40.9 Å². The number of aromatic nitrogens is 2. The van der Waals surface area contributed by atoms with E-state index in [1.807, 2.05) is 0 Å². The number of carbonyl (C=O) groups excluding carboxylic acids is 2. The van der Waals surface area contributed by atoms with Crippen LogP contribution in [-0.4, -0.2) is 71.3 Å². The molecule has 228 valence electrons. The first-order chi connectivity index (χ1) is 20.3. The second-order valence-electron chi connectivity index (χ2n) is 11.4. The SMILES string of the molecule is COC1CC(NC(=O)Nc2cc3cc(-c4cnc5c(c4C)N(C(=O)O)CCO5)c(F)c(NC(=O)OC(C)(C)C)c3cn2)C1. The van der Waals surface area contributed by atoms with Gasteiger partial charge in [-0.25, -0.2) is 28.7 Å². The number of nitrogens with zero attached hydrogens (tertiary/aromatic N) is 3. The first-order valence-electron chi connectivity index (χ1n) is 13.7. The average Bonchev–Trinajstić information content (AvgIpc) is 2.91. The number of urea groups is 1. The molecule has 2 aliphatic rings. The molecule has 3 heterocycles. The lowest BCUT2D eigenvalue weighted by Crippen LogP contribution is -2.48. The van der Waals surface area contributed by atoms with Crippen LogP contribution >= 0.6 is 0 Å². The molecule has 0 spiro atoms. The standard InChI is InChI=1S/C29H33FN6O7/c1-14-19(12-32-25-24(14)36(28(39)40)6-7-42-25)18-8-15-9-21(34-26(37)33-16-10-17(11-16)41-5)31-13-20(15)23(22(18)30)35-27(38)43-29(2,3)4/h8-9,12-13,16-17H,6-7,10-11H2,1-5H3,(H,35,38)(H,39,40)(H2,31,33,34,37). The third-order valence-corrected chi connectivity index (χ3v) is 7.21. The highest BCUT2D eigenvalue weighted by Gasteiger charge is 2.31. The van der Waals surface area contributed by atoms with E-state index in [9.17, 15) is 19.5 Å². The van der Waals surface area contributed by atoms with Crippen molar-refractivity contribution in [1.29, 1.82) is 0 Å². The van der Waals surface area contributed by atoms with Gasteiger partial charge in [-0.1, -0.05) is 0 Å². The number of rotatable bonds is 5. The molecule has 1 aromatic carbocycles. The molecule has 43 heavy (non-hydrogen) atoms. The van der Waals surface area contributed by atoms with Crippen molar-refractivity contribution in [2.45, 2.75) is 58.3 Å². The quantitative estimate of drug-likeness (QED) is 0.307. The van der Waals surface area contributed by atoms with Gasteiger partial charge < -0.3 is 24.6 Å². The van der Waals surface area contributed by atoms with Crippen LogP contribution in [0.15, 0.2) is 24.5 Å². The molecule has 5 rings (SSSR count). The summed E-state index contributed by atoms with van der Waals surface area (Å²) in [6.07, 6.45) is 2.17. The normalized spacial score (nSPS) is 17.8. The van der Waals surface area contributed by atoms with Gasteiger partial charge in [-0.05, 0) is 63.6 Å². The van der Waals surface area contributed by atoms with Crippen LogP contribution in [0.3, 0.4) is 0 Å². The minimum absolute atomic E-state index is 0.0235. The van der Waals surface area contributed by atoms with E-state index in [2.05, 4.69) is 25.9 Å². The van der Waals surface area contributed by atoms with Gasteiger partial charge >= 0.3 is 18.2 Å². The number of pyridine rings is 2. The lowest BCUT2D eigenvalue weighted by atomic mass is 9.89. The number of hydrogen-bond acceptors (Lipinski definition) is 8. The van der Waals surface area contributed by atoms with Gasteiger partial charge in [0.05, 0.1) is 18.3 Å². The fourth-order valence-corrected chi connectivity index (χ4v) is 5.08. The Morgan fingerprint density at radius 2 is 1.86 bits per heavy atom. The van der Waals surface area contributed by atoms with Crippen molar-refractivity contribution in [3.05, 3.63) is 35.9 Å². The molecule has 4 amide bonds. The first kappa shape index (κ1) is 29.8. The number of methoxy groups -OCH3 is 1. The van der Waals surface area contributed by atoms with Crippen LogP contribution in [0.25, 0.3) is 21.9 Å². The summed E-state index contributed by atoms with van der Waals surface area (Å²) in [7, 11) is 1.63. The molecule has 4 N–H and O–H groups in total. The second-order valence-corrected chi connectivity index (χ2v) is 11.4. The van der Waals surface area contributed by atoms with Gasteiger partial charge in [0.25, 0.3) is 0 Å². The summed E-state index contributed by atoms with van der Waals surface area (Å²) in [4.78, 5) is 46.9. The molecule has 0 bridgehead atoms. The van der Waals surface area contributed by atoms with E-state index < -0.39 is 29.6 Å². The van der Waals surface area contributed by atoms with E-state index >= 15 is 4.39 Å². The number of ether oxygens (including phenoxy) is 3. The van der Waals surface area contributed by atoms with Crippen LogP contribution in [0, 0.1) is 12.7 Å². The van der Waals surface area contributed by atoms with E-state index in [-0.39, 0.29) is 64.9 Å². The summed E-state index contributed by atoms with van der Waals surface area (Å²) in [5.74, 6) is -0.493. The molecule has 13 nitrogen and oxygen atoms in total. The van der Waals surface area contributed by atoms with E-state index in [1.165, 1.54) is 18.5 Å². The van der Waals surface area contributed by atoms with Crippen molar-refractivity contribution in [3.8, 4) is 17.0 Å². The predicted octanol–water partition coefficient (Wildman–Crippen LogP) is 5.27. The zero-order valence-corrected chi connectivity index (χ0v) is 24.4. The first-order valence-corrected chi connectivity index (χ1v) is 13.7. The molecule has 0 atom stereocenters. The molecule has 1 fully saturated rings. The summed E-state index contributed by atoms with van der Waals surface area (Å²) in [6.45, 7) is 6.89. The fourth-order valence-electron chi connectivity index (χ4n) is 5.08. The molecule has 1 aliphatic heterocycles. The van der Waals surface area contributed by atoms with E-state index in [0.29, 0.717) is 23.8 Å². The Hall–Kier alpha value is -4.72. The Kier molecular flexibility index (Phi) is 7.97. The van der Waals surface area contributed by atoms with Crippen molar-refractivity contribution in [2.24, 2.45) is 0 Å². The lowest BCUT2D eigenvalue weighted by Gasteiger charge is -2.34. The third-order valence-electron chi connectivity index (χ3n) is 7.21. The van der Waals surface area contributed by atoms with Crippen molar-refractivity contribution in [1.82, 2.24) is 15.3 Å². The number of halogens is 1. The van der Waals surface area contributed by atoms with Crippen LogP contribution in [0.4, 0.5) is 36.0 Å². The van der Waals surface area contributed by atoms with Crippen LogP contribution < -0.4 is 25.6 Å². The molecule has 0 radical (unpaired) electrons. The molecule has 1 saturated carbocycles. The van der Waals surface area contributed by atoms with Crippen molar-refractivity contribution >= 4 is 46.2 Å². The predicted molar refractivity (Wildman–Crippen MR) is 156 cm³/mol. The van der Waals surface area contributed by atoms with Gasteiger partial charge in [0.2, 0.25) is 5.88 Å². The molecule has 14 heteroatoms. The van der Waals surface area contributed by atoms with E-state index in [4.69, 9.17) is 14.2 Å². The zero-order chi connectivity index (χ0) is 31.1. The van der Waals surface area contributed by atoms with E-state index in [0.717, 1.165) is 4.90 Å². The molecule has 1 aliphatic carbocycles. The lowest BCUT2D eigenvalue weighted by molar-refractivity contribution is 0.0210. The maximum Gasteiger partial charge on any atom is 0.412 e. The minimum Gasteiger partial charge on any atom is -0.474 e. The average molecular weight is 597 g/mol. The van der Waals surface area contributed by atoms with Crippen molar-refractivity contribution in [3.63, 3.8) is 0 Å². The Labute approximate surface area is 246 Å². The monoisotopic (exact) mass is 596 g/mol. The van der Waals surface area contributed by atoms with Crippen molar-refractivity contribution < 1.29 is 38.1 Å². The number of hydrogen-bond donors (Lipinski definition) is 4. The Morgan fingerprint density at radius 3 is 2.53 bits per heavy atom. The highest BCUT2D eigenvalue weighted by Crippen LogP contribution is 2.42. The minimum atomic E-state index is -1.20. The number of benzene rings is 1. The Balaban J connectivity index is 1.57. The highest BCUT2D eigenvalue weighted by molar-refractivity contribution is 6.05. The number of carbonyl (C=O) groups is 3. The second kappa shape index (κ2) is 11.5. The van der Waals surface area contributed by atoms with Crippen molar-refractivity contribution in [2.75, 3.05) is 35.8 Å². The number of nitrogens with one attached hydrogen (secondary N) is 3. The zero-order valence-electron chi connectivity index (χ0n) is 24.4. The maximum absolute atomic E-state index is 16.3. The third kappa shape index (κ3) is 6.23. The van der Waals surface area contributed by atoms with Gasteiger partial charge in [-0.2, -0.15) is 0 Å². The van der Waals surface area contributed by atoms with Gasteiger partial charge in [0.15, 0.2) is 5.82 Å². The fraction of sp³-hybridized carbons (Fsp3) is 0.414. The molecule has 3 aromatic rings. The summed E-state index contributed by atoms with van der Waals surface area (Å²) in [6, 6.07) is 2.59. The van der Waals surface area contributed by atoms with Gasteiger partial charge in [0.1, 0.15) is 23.7 Å². The molecule has 2 aromatic heterocycles. The maximum atomic E-state index is 16.3. The largest absolute Gasteiger partial charge is 0.474 e. The highest BCUT2D eigenvalue weighted by atomic mass is 19.1. The summed E-state index contributed by atoms with van der Waals surface area (Å²) >= 11 is 0. The summed E-state index contributed by atoms with van der Waals surface area (Å²) < 4.78 is 32.5. The molecule has 0 saturated heterocycles. The Bertz CT molecular complexity index is 1600. The Morgan fingerprint density at radius 1 is 1.12 bits per heavy atom. The number of carboxylic acid groups (broad SMARTS) is 1. The molecular weight excluding hydrogens is 563 g/mol. The summed E-state index contributed by atoms with van der Waals surface area (Å²) in [5.41, 5.74) is -0.116. The van der Waals surface area contributed by atoms with Gasteiger partial charge in [-0.15, -0.1) is 0 Å². The van der Waals surface area contributed by atoms with Gasteiger partial charge in [-0.3, -0.25) is 15.5 Å². The smallest absolute Gasteiger partial charge is 0.412 e. The van der Waals surface area contributed by atoms with Crippen LogP contribution in [-0.2, 0) is 9.47 Å². The number of fused-ring (bicyclic) bond motifs is 2. The molecular formula is C29H33FN6O7. The number of anilines is 3. The topological polar surface area (TPSA) is 164 Å². The molecule has 0 unspecified atom stereocenters. The van der Waals surface area contributed by atoms with Crippen LogP contribution in [0.1, 0.15) is 39.2 Å². The van der Waals surface area contributed by atoms with Gasteiger partial charge in [0, 0.05) is 42.1 Å².